The lowest BCUT2D eigenvalue weighted by molar-refractivity contribution is -0.120. The molecule has 0 atom stereocenters. The van der Waals surface area contributed by atoms with Crippen LogP contribution in [-0.2, 0) is 11.3 Å². The van der Waals surface area contributed by atoms with Gasteiger partial charge in [0.15, 0.2) is 0 Å². The zero-order chi connectivity index (χ0) is 15.9. The number of hydrogen-bond donors (Lipinski definition) is 3. The lowest BCUT2D eigenvalue weighted by atomic mass is 10.1. The molecule has 0 saturated carbocycles. The van der Waals surface area contributed by atoms with Crippen molar-refractivity contribution in [1.82, 2.24) is 5.32 Å². The van der Waals surface area contributed by atoms with Crippen molar-refractivity contribution in [1.29, 1.82) is 0 Å². The van der Waals surface area contributed by atoms with Crippen molar-refractivity contribution in [3.05, 3.63) is 59.7 Å². The Morgan fingerprint density at radius 2 is 1.73 bits per heavy atom. The normalized spacial score (nSPS) is 10.0. The van der Waals surface area contributed by atoms with Crippen LogP contribution in [0.4, 0.5) is 11.4 Å². The van der Waals surface area contributed by atoms with Crippen LogP contribution in [0.1, 0.15) is 29.3 Å². The third kappa shape index (κ3) is 4.09. The van der Waals surface area contributed by atoms with Gasteiger partial charge in [0, 0.05) is 18.5 Å². The van der Waals surface area contributed by atoms with Crippen molar-refractivity contribution >= 4 is 23.2 Å². The molecule has 2 aromatic rings. The van der Waals surface area contributed by atoms with Gasteiger partial charge in [-0.25, -0.2) is 0 Å². The van der Waals surface area contributed by atoms with Crippen molar-refractivity contribution in [3.8, 4) is 0 Å². The summed E-state index contributed by atoms with van der Waals surface area (Å²) < 4.78 is 0. The van der Waals surface area contributed by atoms with Crippen molar-refractivity contribution in [2.45, 2.75) is 19.9 Å². The molecule has 114 valence electrons. The summed E-state index contributed by atoms with van der Waals surface area (Å²) in [6.07, 6.45) is 0.457. The molecule has 0 fully saturated rings. The molecule has 0 aliphatic rings. The van der Waals surface area contributed by atoms with Gasteiger partial charge in [0.2, 0.25) is 5.91 Å². The van der Waals surface area contributed by atoms with E-state index in [2.05, 4.69) is 10.6 Å². The standard InChI is InChI=1S/C17H19N3O2/c1-2-16(21)19-11-12-7-9-13(10-8-12)17(22)20-15-6-4-3-5-14(15)18/h3-10H,2,11,18H2,1H3,(H,19,21)(H,20,22). The predicted octanol–water partition coefficient (Wildman–Crippen LogP) is 2.55. The molecule has 5 heteroatoms. The van der Waals surface area contributed by atoms with E-state index in [4.69, 9.17) is 5.73 Å². The molecule has 0 saturated heterocycles. The summed E-state index contributed by atoms with van der Waals surface area (Å²) in [6.45, 7) is 2.26. The molecular weight excluding hydrogens is 278 g/mol. The Hall–Kier alpha value is -2.82. The number of rotatable bonds is 5. The molecule has 5 nitrogen and oxygen atoms in total. The van der Waals surface area contributed by atoms with Gasteiger partial charge in [-0.2, -0.15) is 0 Å². The minimum Gasteiger partial charge on any atom is -0.397 e. The fourth-order valence-corrected chi connectivity index (χ4v) is 1.90. The minimum absolute atomic E-state index is 0.00127. The molecule has 2 aromatic carbocycles. The highest BCUT2D eigenvalue weighted by Gasteiger charge is 2.07. The molecular formula is C17H19N3O2. The molecule has 0 aliphatic carbocycles. The third-order valence-corrected chi connectivity index (χ3v) is 3.24. The average molecular weight is 297 g/mol. The monoisotopic (exact) mass is 297 g/mol. The summed E-state index contributed by atoms with van der Waals surface area (Å²) in [6, 6.07) is 14.2. The fraction of sp³-hybridized carbons (Fsp3) is 0.176. The van der Waals surface area contributed by atoms with Crippen LogP contribution >= 0.6 is 0 Å². The van der Waals surface area contributed by atoms with Gasteiger partial charge in [-0.15, -0.1) is 0 Å². The molecule has 22 heavy (non-hydrogen) atoms. The Morgan fingerprint density at radius 1 is 1.05 bits per heavy atom. The Morgan fingerprint density at radius 3 is 2.36 bits per heavy atom. The van der Waals surface area contributed by atoms with E-state index < -0.39 is 0 Å². The zero-order valence-electron chi connectivity index (χ0n) is 12.4. The summed E-state index contributed by atoms with van der Waals surface area (Å²) >= 11 is 0. The lowest BCUT2D eigenvalue weighted by Gasteiger charge is -2.09. The molecule has 0 radical (unpaired) electrons. The van der Waals surface area contributed by atoms with Crippen molar-refractivity contribution in [2.75, 3.05) is 11.1 Å². The van der Waals surface area contributed by atoms with E-state index in [1.807, 2.05) is 24.3 Å². The van der Waals surface area contributed by atoms with Crippen LogP contribution in [-0.4, -0.2) is 11.8 Å². The third-order valence-electron chi connectivity index (χ3n) is 3.24. The summed E-state index contributed by atoms with van der Waals surface area (Å²) in [5.74, 6) is -0.219. The van der Waals surface area contributed by atoms with Gasteiger partial charge in [-0.3, -0.25) is 9.59 Å². The van der Waals surface area contributed by atoms with Crippen LogP contribution < -0.4 is 16.4 Å². The zero-order valence-corrected chi connectivity index (χ0v) is 12.4. The second-order valence-electron chi connectivity index (χ2n) is 4.87. The number of nitrogen functional groups attached to an aromatic ring is 1. The summed E-state index contributed by atoms with van der Waals surface area (Å²) in [7, 11) is 0. The van der Waals surface area contributed by atoms with Gasteiger partial charge in [0.25, 0.3) is 5.91 Å². The number of para-hydroxylation sites is 2. The van der Waals surface area contributed by atoms with Gasteiger partial charge in [-0.1, -0.05) is 31.2 Å². The lowest BCUT2D eigenvalue weighted by Crippen LogP contribution is -2.21. The Balaban J connectivity index is 1.99. The quantitative estimate of drug-likeness (QED) is 0.741. The topological polar surface area (TPSA) is 84.2 Å². The van der Waals surface area contributed by atoms with Crippen LogP contribution in [0.5, 0.6) is 0 Å². The first kappa shape index (κ1) is 15.6. The van der Waals surface area contributed by atoms with E-state index in [1.54, 1.807) is 31.2 Å². The number of benzene rings is 2. The second kappa shape index (κ2) is 7.26. The van der Waals surface area contributed by atoms with E-state index in [9.17, 15) is 9.59 Å². The largest absolute Gasteiger partial charge is 0.397 e. The number of carbonyl (C=O) groups excluding carboxylic acids is 2. The Labute approximate surface area is 129 Å². The van der Waals surface area contributed by atoms with E-state index in [0.717, 1.165) is 5.56 Å². The Bertz CT molecular complexity index is 666. The highest BCUT2D eigenvalue weighted by molar-refractivity contribution is 6.05. The summed E-state index contributed by atoms with van der Waals surface area (Å²) in [5.41, 5.74) is 8.39. The van der Waals surface area contributed by atoms with Crippen LogP contribution in [0.15, 0.2) is 48.5 Å². The maximum Gasteiger partial charge on any atom is 0.255 e. The molecule has 0 spiro atoms. The van der Waals surface area contributed by atoms with Gasteiger partial charge >= 0.3 is 0 Å². The first-order valence-electron chi connectivity index (χ1n) is 7.11. The first-order chi connectivity index (χ1) is 10.6. The van der Waals surface area contributed by atoms with E-state index >= 15 is 0 Å². The molecule has 0 unspecified atom stereocenters. The van der Waals surface area contributed by atoms with E-state index in [1.165, 1.54) is 0 Å². The number of hydrogen-bond acceptors (Lipinski definition) is 3. The van der Waals surface area contributed by atoms with Gasteiger partial charge in [0.1, 0.15) is 0 Å². The summed E-state index contributed by atoms with van der Waals surface area (Å²) in [4.78, 5) is 23.4. The number of carbonyl (C=O) groups is 2. The average Bonchev–Trinajstić information content (AvgIpc) is 2.55. The molecule has 0 heterocycles. The number of nitrogens with two attached hydrogens (primary N) is 1. The molecule has 0 aromatic heterocycles. The molecule has 2 amide bonds. The maximum atomic E-state index is 12.2. The van der Waals surface area contributed by atoms with E-state index in [0.29, 0.717) is 29.9 Å². The van der Waals surface area contributed by atoms with E-state index in [-0.39, 0.29) is 11.8 Å². The summed E-state index contributed by atoms with van der Waals surface area (Å²) in [5, 5.41) is 5.56. The number of anilines is 2. The SMILES string of the molecule is CCC(=O)NCc1ccc(C(=O)Nc2ccccc2N)cc1. The second-order valence-corrected chi connectivity index (χ2v) is 4.87. The number of amides is 2. The molecule has 4 N–H and O–H groups in total. The highest BCUT2D eigenvalue weighted by atomic mass is 16.2. The number of nitrogens with one attached hydrogen (secondary N) is 2. The highest BCUT2D eigenvalue weighted by Crippen LogP contribution is 2.18. The van der Waals surface area contributed by atoms with Crippen molar-refractivity contribution in [2.24, 2.45) is 0 Å². The van der Waals surface area contributed by atoms with Crippen LogP contribution in [0.2, 0.25) is 0 Å². The minimum atomic E-state index is -0.220. The van der Waals surface area contributed by atoms with Gasteiger partial charge < -0.3 is 16.4 Å². The molecule has 2 rings (SSSR count). The first-order valence-corrected chi connectivity index (χ1v) is 7.11. The smallest absolute Gasteiger partial charge is 0.255 e. The van der Waals surface area contributed by atoms with Crippen LogP contribution in [0.25, 0.3) is 0 Å². The van der Waals surface area contributed by atoms with Crippen LogP contribution in [0.3, 0.4) is 0 Å². The maximum absolute atomic E-state index is 12.2. The molecule has 0 bridgehead atoms. The van der Waals surface area contributed by atoms with Crippen molar-refractivity contribution in [3.63, 3.8) is 0 Å². The van der Waals surface area contributed by atoms with Crippen LogP contribution in [0, 0.1) is 0 Å². The van der Waals surface area contributed by atoms with Gasteiger partial charge in [0.05, 0.1) is 11.4 Å². The fourth-order valence-electron chi connectivity index (χ4n) is 1.90. The Kier molecular flexibility index (Phi) is 5.14. The predicted molar refractivity (Wildman–Crippen MR) is 87.4 cm³/mol. The molecule has 0 aliphatic heterocycles. The van der Waals surface area contributed by atoms with Crippen molar-refractivity contribution < 1.29 is 9.59 Å². The van der Waals surface area contributed by atoms with Gasteiger partial charge in [-0.05, 0) is 29.8 Å².